The summed E-state index contributed by atoms with van der Waals surface area (Å²) >= 11 is 2.63. The van der Waals surface area contributed by atoms with Gasteiger partial charge >= 0.3 is 5.97 Å². The summed E-state index contributed by atoms with van der Waals surface area (Å²) in [6.07, 6.45) is -1.99. The highest BCUT2D eigenvalue weighted by molar-refractivity contribution is 8.00. The zero-order valence-electron chi connectivity index (χ0n) is 21.2. The number of hydrogen-bond donors (Lipinski definition) is 1. The van der Waals surface area contributed by atoms with E-state index in [-0.39, 0.29) is 43.6 Å². The normalized spacial score (nSPS) is 22.2. The van der Waals surface area contributed by atoms with Crippen molar-refractivity contribution in [2.75, 3.05) is 25.1 Å². The van der Waals surface area contributed by atoms with E-state index in [1.807, 2.05) is 22.3 Å². The highest BCUT2D eigenvalue weighted by Crippen LogP contribution is 2.53. The molecule has 5 nitrogen and oxygen atoms in total. The fourth-order valence-electron chi connectivity index (χ4n) is 4.79. The lowest BCUT2D eigenvalue weighted by molar-refractivity contribution is -0.144. The van der Waals surface area contributed by atoms with Gasteiger partial charge in [-0.05, 0) is 74.7 Å². The molecular weight excluding hydrogens is 559 g/mol. The summed E-state index contributed by atoms with van der Waals surface area (Å²) in [4.78, 5) is 15.0. The van der Waals surface area contributed by atoms with Crippen molar-refractivity contribution in [2.45, 2.75) is 72.0 Å². The van der Waals surface area contributed by atoms with Crippen molar-refractivity contribution in [3.63, 3.8) is 0 Å². The van der Waals surface area contributed by atoms with Gasteiger partial charge in [-0.15, -0.1) is 11.8 Å². The fourth-order valence-corrected chi connectivity index (χ4v) is 7.27. The number of rotatable bonds is 10. The molecule has 0 bridgehead atoms. The van der Waals surface area contributed by atoms with Gasteiger partial charge in [-0.25, -0.2) is 26.3 Å². The number of ether oxygens (including phenoxy) is 1. The first-order valence-corrected chi connectivity index (χ1v) is 14.4. The highest BCUT2D eigenvalue weighted by Gasteiger charge is 2.51. The monoisotopic (exact) mass is 588 g/mol. The van der Waals surface area contributed by atoms with Crippen LogP contribution in [0.15, 0.2) is 46.2 Å². The number of carbonyl (C=O) groups is 1. The van der Waals surface area contributed by atoms with Crippen LogP contribution < -0.4 is 9.64 Å². The van der Waals surface area contributed by atoms with E-state index in [1.165, 1.54) is 35.8 Å². The molecule has 3 aliphatic rings. The van der Waals surface area contributed by atoms with Crippen LogP contribution in [0.4, 0.5) is 33.3 Å². The number of carboxylic acids is 1. The average Bonchev–Trinajstić information content (AvgIpc) is 3.66. The molecule has 0 radical (unpaired) electrons. The van der Waals surface area contributed by atoms with Crippen LogP contribution in [0.2, 0.25) is 0 Å². The minimum atomic E-state index is -2.71. The number of halogens is 5. The van der Waals surface area contributed by atoms with Crippen molar-refractivity contribution in [1.29, 1.82) is 0 Å². The quantitative estimate of drug-likeness (QED) is 0.228. The van der Waals surface area contributed by atoms with Crippen LogP contribution in [-0.4, -0.2) is 59.2 Å². The third-order valence-electron chi connectivity index (χ3n) is 7.48. The molecule has 2 saturated carbocycles. The first-order valence-electron chi connectivity index (χ1n) is 12.8. The van der Waals surface area contributed by atoms with Crippen molar-refractivity contribution in [1.82, 2.24) is 4.31 Å². The van der Waals surface area contributed by atoms with E-state index < -0.39 is 29.5 Å². The Bertz CT molecular complexity index is 1200. The molecule has 1 unspecified atom stereocenters. The van der Waals surface area contributed by atoms with Gasteiger partial charge in [0, 0.05) is 42.8 Å². The van der Waals surface area contributed by atoms with Crippen molar-refractivity contribution in [3.8, 4) is 5.75 Å². The van der Waals surface area contributed by atoms with Gasteiger partial charge in [0.15, 0.2) is 0 Å². The van der Waals surface area contributed by atoms with E-state index in [0.717, 1.165) is 10.6 Å². The van der Waals surface area contributed by atoms with Crippen LogP contribution in [0.25, 0.3) is 0 Å². The Hall–Kier alpha value is -2.18. The molecule has 1 N–H and O–H groups in total. The Morgan fingerprint density at radius 1 is 1.21 bits per heavy atom. The number of nitrogens with zero attached hydrogens (tertiary/aromatic N) is 2. The maximum Gasteiger partial charge on any atom is 0.313 e. The number of aliphatic carboxylic acids is 1. The van der Waals surface area contributed by atoms with E-state index in [9.17, 15) is 31.9 Å². The lowest BCUT2D eigenvalue weighted by Crippen LogP contribution is -2.37. The van der Waals surface area contributed by atoms with Crippen LogP contribution in [0.1, 0.15) is 38.5 Å². The van der Waals surface area contributed by atoms with Gasteiger partial charge in [0.05, 0.1) is 15.5 Å². The van der Waals surface area contributed by atoms with Gasteiger partial charge < -0.3 is 14.7 Å². The third-order valence-corrected chi connectivity index (χ3v) is 9.83. The Kier molecular flexibility index (Phi) is 8.00. The molecule has 2 aliphatic carbocycles. The molecule has 0 amide bonds. The van der Waals surface area contributed by atoms with E-state index >= 15 is 0 Å². The third kappa shape index (κ3) is 6.43. The van der Waals surface area contributed by atoms with Gasteiger partial charge in [0.25, 0.3) is 0 Å². The molecule has 0 spiro atoms. The van der Waals surface area contributed by atoms with E-state index in [0.29, 0.717) is 35.7 Å². The van der Waals surface area contributed by atoms with Crippen LogP contribution in [0.3, 0.4) is 0 Å². The number of benzene rings is 2. The molecule has 212 valence electrons. The first kappa shape index (κ1) is 28.4. The number of likely N-dealkylation sites (N-methyl/N-ethyl adjacent to an activating group) is 1. The molecule has 1 aliphatic heterocycles. The van der Waals surface area contributed by atoms with Crippen molar-refractivity contribution < 1.29 is 36.6 Å². The topological polar surface area (TPSA) is 53.0 Å². The second kappa shape index (κ2) is 11.0. The Labute approximate surface area is 232 Å². The molecular formula is C27H29F5N2O3S2. The zero-order chi connectivity index (χ0) is 27.9. The van der Waals surface area contributed by atoms with Crippen molar-refractivity contribution in [3.05, 3.63) is 42.2 Å². The summed E-state index contributed by atoms with van der Waals surface area (Å²) in [5, 5.41) is 9.27. The molecule has 2 fully saturated rings. The smallest absolute Gasteiger partial charge is 0.313 e. The molecule has 12 heteroatoms. The van der Waals surface area contributed by atoms with Crippen LogP contribution in [0, 0.1) is 11.2 Å². The van der Waals surface area contributed by atoms with E-state index in [1.54, 1.807) is 18.2 Å². The summed E-state index contributed by atoms with van der Waals surface area (Å²) in [7, 11) is 1.82. The molecule has 1 heterocycles. The Balaban J connectivity index is 1.52. The predicted octanol–water partition coefficient (Wildman–Crippen LogP) is 7.46. The molecule has 0 saturated heterocycles. The highest BCUT2D eigenvalue weighted by atomic mass is 32.2. The second-order valence-electron chi connectivity index (χ2n) is 10.5. The van der Waals surface area contributed by atoms with Gasteiger partial charge in [-0.2, -0.15) is 0 Å². The van der Waals surface area contributed by atoms with E-state index in [4.69, 9.17) is 4.74 Å². The summed E-state index contributed by atoms with van der Waals surface area (Å²) in [6.45, 7) is 0.317. The Morgan fingerprint density at radius 2 is 1.90 bits per heavy atom. The van der Waals surface area contributed by atoms with Crippen molar-refractivity contribution in [2.24, 2.45) is 5.41 Å². The van der Waals surface area contributed by atoms with Crippen LogP contribution >= 0.6 is 23.7 Å². The van der Waals surface area contributed by atoms with Crippen LogP contribution in [0.5, 0.6) is 5.75 Å². The maximum absolute atomic E-state index is 13.8. The summed E-state index contributed by atoms with van der Waals surface area (Å²) in [5.74, 6) is -3.63. The number of thioether (sulfide) groups is 1. The van der Waals surface area contributed by atoms with Gasteiger partial charge in [-0.3, -0.25) is 4.79 Å². The number of anilines is 2. The fraction of sp³-hybridized carbons (Fsp3) is 0.519. The number of fused-ring (bicyclic) bond motifs is 1. The number of hydrogen-bond acceptors (Lipinski definition) is 6. The summed E-state index contributed by atoms with van der Waals surface area (Å²) in [5.41, 5.74) is 0.444. The Morgan fingerprint density at radius 3 is 2.49 bits per heavy atom. The predicted molar refractivity (Wildman–Crippen MR) is 141 cm³/mol. The van der Waals surface area contributed by atoms with Crippen molar-refractivity contribution >= 4 is 41.1 Å². The first-order chi connectivity index (χ1) is 18.4. The number of alkyl halides is 4. The second-order valence-corrected chi connectivity index (χ2v) is 13.0. The minimum absolute atomic E-state index is 0.0330. The maximum atomic E-state index is 13.8. The molecule has 5 rings (SSSR count). The molecule has 39 heavy (non-hydrogen) atoms. The minimum Gasteiger partial charge on any atom is -0.491 e. The number of carboxylic acid groups (broad SMARTS) is 1. The lowest BCUT2D eigenvalue weighted by atomic mass is 9.94. The van der Waals surface area contributed by atoms with Gasteiger partial charge in [0.1, 0.15) is 23.6 Å². The van der Waals surface area contributed by atoms with Crippen LogP contribution in [-0.2, 0) is 4.79 Å². The van der Waals surface area contributed by atoms with Gasteiger partial charge in [-0.1, -0.05) is 0 Å². The standard InChI is InChI=1S/C27H29F5N2O3S2/c1-33-18(6-7-24(29)30)14-34(17-4-2-16(28)3-5-17)20-10-23(38-19-12-27(31,32)13-19)21(11-22(20)39-33)37-15-26(8-9-26)25(35)36/h2-5,10-11,18-19,24H,6-9,12-15H2,1H3,(H,35,36). The average molecular weight is 589 g/mol. The summed E-state index contributed by atoms with van der Waals surface area (Å²) in [6, 6.07) is 9.24. The zero-order valence-corrected chi connectivity index (χ0v) is 22.9. The van der Waals surface area contributed by atoms with Gasteiger partial charge in [0.2, 0.25) is 12.3 Å². The van der Waals surface area contributed by atoms with E-state index in [2.05, 4.69) is 0 Å². The summed E-state index contributed by atoms with van der Waals surface area (Å²) < 4.78 is 75.2. The molecule has 0 aromatic heterocycles. The lowest BCUT2D eigenvalue weighted by Gasteiger charge is -2.35. The molecule has 2 aromatic rings. The molecule has 1 atom stereocenters. The molecule has 2 aromatic carbocycles. The SMILES string of the molecule is CN1Sc2cc(OCC3(C(=O)O)CC3)c(SC3CC(F)(F)C3)cc2N(c2ccc(F)cc2)CC1CCC(F)F. The largest absolute Gasteiger partial charge is 0.491 e.